The predicted octanol–water partition coefficient (Wildman–Crippen LogP) is 1.61. The molecule has 2 fully saturated rings. The number of hydrogen-bond donors (Lipinski definition) is 2. The summed E-state index contributed by atoms with van der Waals surface area (Å²) in [6.45, 7) is 3.26. The van der Waals surface area contributed by atoms with Crippen LogP contribution in [0.2, 0.25) is 0 Å². The summed E-state index contributed by atoms with van der Waals surface area (Å²) in [5.41, 5.74) is -0.695. The quantitative estimate of drug-likeness (QED) is 0.802. The van der Waals surface area contributed by atoms with Crippen LogP contribution in [-0.4, -0.2) is 35.9 Å². The van der Waals surface area contributed by atoms with E-state index in [1.165, 1.54) is 6.42 Å². The molecule has 2 rings (SSSR count). The van der Waals surface area contributed by atoms with Crippen LogP contribution in [0.3, 0.4) is 0 Å². The van der Waals surface area contributed by atoms with E-state index in [4.69, 9.17) is 4.74 Å². The Hall–Kier alpha value is -0.610. The smallest absolute Gasteiger partial charge is 0.249 e. The number of ether oxygens (including phenoxy) is 1. The van der Waals surface area contributed by atoms with Gasteiger partial charge in [0.15, 0.2) is 0 Å². The number of aliphatic hydroxyl groups is 1. The van der Waals surface area contributed by atoms with Crippen LogP contribution in [0, 0.1) is 5.92 Å². The van der Waals surface area contributed by atoms with Gasteiger partial charge in [0.2, 0.25) is 5.91 Å². The summed E-state index contributed by atoms with van der Waals surface area (Å²) < 4.78 is 5.33. The molecule has 1 amide bonds. The molecule has 1 atom stereocenters. The molecule has 0 spiro atoms. The van der Waals surface area contributed by atoms with Crippen molar-refractivity contribution in [3.63, 3.8) is 0 Å². The third-order valence-corrected chi connectivity index (χ3v) is 4.43. The summed E-state index contributed by atoms with van der Waals surface area (Å²) in [5.74, 6) is 0.692. The molecule has 4 heteroatoms. The van der Waals surface area contributed by atoms with E-state index in [2.05, 4.69) is 12.2 Å². The highest BCUT2D eigenvalue weighted by molar-refractivity contribution is 5.81. The molecule has 104 valence electrons. The van der Waals surface area contributed by atoms with Gasteiger partial charge in [-0.25, -0.2) is 0 Å². The first-order chi connectivity index (χ1) is 8.63. The van der Waals surface area contributed by atoms with E-state index in [-0.39, 0.29) is 12.0 Å². The lowest BCUT2D eigenvalue weighted by molar-refractivity contribution is -0.131. The zero-order chi connectivity index (χ0) is 13.0. The minimum Gasteiger partial charge on any atom is -0.388 e. The lowest BCUT2D eigenvalue weighted by Crippen LogP contribution is -2.47. The normalized spacial score (nSPS) is 36.6. The van der Waals surface area contributed by atoms with Crippen LogP contribution in [0.1, 0.15) is 51.9 Å². The Bertz CT molecular complexity index is 279. The zero-order valence-electron chi connectivity index (χ0n) is 11.3. The molecule has 0 bridgehead atoms. The summed E-state index contributed by atoms with van der Waals surface area (Å²) >= 11 is 0. The third-order valence-electron chi connectivity index (χ3n) is 4.43. The molecule has 18 heavy (non-hydrogen) atoms. The van der Waals surface area contributed by atoms with Crippen molar-refractivity contribution in [2.45, 2.75) is 63.6 Å². The fraction of sp³-hybridized carbons (Fsp3) is 0.929. The van der Waals surface area contributed by atoms with Crippen molar-refractivity contribution in [1.29, 1.82) is 0 Å². The van der Waals surface area contributed by atoms with E-state index in [1.54, 1.807) is 0 Å². The number of hydrogen-bond acceptors (Lipinski definition) is 3. The Morgan fingerprint density at radius 3 is 2.67 bits per heavy atom. The van der Waals surface area contributed by atoms with Crippen LogP contribution in [0.5, 0.6) is 0 Å². The molecule has 0 aromatic rings. The SMILES string of the molecule is CCC1CCC(O)(CNC(=O)C2CCCO2)CC1. The van der Waals surface area contributed by atoms with Crippen molar-refractivity contribution < 1.29 is 14.6 Å². The second-order valence-corrected chi connectivity index (χ2v) is 5.80. The van der Waals surface area contributed by atoms with Crippen molar-refractivity contribution in [1.82, 2.24) is 5.32 Å². The van der Waals surface area contributed by atoms with Crippen LogP contribution < -0.4 is 5.32 Å². The van der Waals surface area contributed by atoms with Gasteiger partial charge in [0.05, 0.1) is 5.60 Å². The molecular formula is C14H25NO3. The first-order valence-corrected chi connectivity index (χ1v) is 7.25. The molecule has 1 heterocycles. The largest absolute Gasteiger partial charge is 0.388 e. The molecule has 2 N–H and O–H groups in total. The van der Waals surface area contributed by atoms with E-state index in [9.17, 15) is 9.90 Å². The molecule has 1 saturated heterocycles. The second-order valence-electron chi connectivity index (χ2n) is 5.80. The average molecular weight is 255 g/mol. The van der Waals surface area contributed by atoms with Gasteiger partial charge in [0.25, 0.3) is 0 Å². The summed E-state index contributed by atoms with van der Waals surface area (Å²) in [6.07, 6.45) is 6.42. The van der Waals surface area contributed by atoms with Gasteiger partial charge in [-0.3, -0.25) is 4.79 Å². The Morgan fingerprint density at radius 2 is 2.11 bits per heavy atom. The number of nitrogens with one attached hydrogen (secondary N) is 1. The minimum atomic E-state index is -0.695. The molecule has 1 unspecified atom stereocenters. The molecule has 0 aromatic heterocycles. The Morgan fingerprint density at radius 1 is 1.39 bits per heavy atom. The summed E-state index contributed by atoms with van der Waals surface area (Å²) in [6, 6.07) is 0. The van der Waals surface area contributed by atoms with Gasteiger partial charge < -0.3 is 15.2 Å². The van der Waals surface area contributed by atoms with Crippen LogP contribution in [0.4, 0.5) is 0 Å². The third kappa shape index (κ3) is 3.45. The van der Waals surface area contributed by atoms with Crippen molar-refractivity contribution in [2.24, 2.45) is 5.92 Å². The highest BCUT2D eigenvalue weighted by Gasteiger charge is 2.34. The van der Waals surface area contributed by atoms with Gasteiger partial charge in [-0.15, -0.1) is 0 Å². The zero-order valence-corrected chi connectivity index (χ0v) is 11.3. The maximum atomic E-state index is 11.8. The molecule has 2 aliphatic rings. The van der Waals surface area contributed by atoms with Crippen LogP contribution in [-0.2, 0) is 9.53 Å². The minimum absolute atomic E-state index is 0.0569. The fourth-order valence-corrected chi connectivity index (χ4v) is 2.95. The molecule has 1 aliphatic carbocycles. The van der Waals surface area contributed by atoms with Gasteiger partial charge in [-0.1, -0.05) is 13.3 Å². The van der Waals surface area contributed by atoms with Crippen LogP contribution in [0.25, 0.3) is 0 Å². The molecule has 1 saturated carbocycles. The first-order valence-electron chi connectivity index (χ1n) is 7.25. The molecule has 0 radical (unpaired) electrons. The van der Waals surface area contributed by atoms with Crippen molar-refractivity contribution in [2.75, 3.05) is 13.2 Å². The Balaban J connectivity index is 1.73. The van der Waals surface area contributed by atoms with E-state index in [1.807, 2.05) is 0 Å². The highest BCUT2D eigenvalue weighted by Crippen LogP contribution is 2.33. The topological polar surface area (TPSA) is 58.6 Å². The van der Waals surface area contributed by atoms with Gasteiger partial charge in [-0.05, 0) is 44.4 Å². The van der Waals surface area contributed by atoms with E-state index in [0.717, 1.165) is 44.4 Å². The number of carbonyl (C=O) groups excluding carboxylic acids is 1. The molecular weight excluding hydrogens is 230 g/mol. The maximum absolute atomic E-state index is 11.8. The maximum Gasteiger partial charge on any atom is 0.249 e. The number of rotatable bonds is 4. The Labute approximate surface area is 109 Å². The molecule has 1 aliphatic heterocycles. The van der Waals surface area contributed by atoms with Gasteiger partial charge in [0.1, 0.15) is 6.10 Å². The second kappa shape index (κ2) is 6.02. The van der Waals surface area contributed by atoms with Crippen molar-refractivity contribution >= 4 is 5.91 Å². The predicted molar refractivity (Wildman–Crippen MR) is 69.2 cm³/mol. The lowest BCUT2D eigenvalue weighted by atomic mass is 9.78. The van der Waals surface area contributed by atoms with E-state index < -0.39 is 5.60 Å². The standard InChI is InChI=1S/C14H25NO3/c1-2-11-5-7-14(17,8-6-11)10-15-13(16)12-4-3-9-18-12/h11-12,17H,2-10H2,1H3,(H,15,16). The molecule has 0 aromatic carbocycles. The summed E-state index contributed by atoms with van der Waals surface area (Å²) in [4.78, 5) is 11.8. The van der Waals surface area contributed by atoms with Crippen molar-refractivity contribution in [3.05, 3.63) is 0 Å². The Kier molecular flexibility index (Phi) is 4.62. The van der Waals surface area contributed by atoms with Crippen LogP contribution in [0.15, 0.2) is 0 Å². The monoisotopic (exact) mass is 255 g/mol. The first kappa shape index (κ1) is 13.8. The lowest BCUT2D eigenvalue weighted by Gasteiger charge is -2.36. The summed E-state index contributed by atoms with van der Waals surface area (Å²) in [5, 5.41) is 13.3. The van der Waals surface area contributed by atoms with E-state index >= 15 is 0 Å². The molecule has 4 nitrogen and oxygen atoms in total. The number of amides is 1. The van der Waals surface area contributed by atoms with Gasteiger partial charge >= 0.3 is 0 Å². The highest BCUT2D eigenvalue weighted by atomic mass is 16.5. The fourth-order valence-electron chi connectivity index (χ4n) is 2.95. The van der Waals surface area contributed by atoms with Crippen molar-refractivity contribution in [3.8, 4) is 0 Å². The van der Waals surface area contributed by atoms with Gasteiger partial charge in [0, 0.05) is 13.2 Å². The van der Waals surface area contributed by atoms with Crippen LogP contribution >= 0.6 is 0 Å². The average Bonchev–Trinajstić information content (AvgIpc) is 2.91. The number of carbonyl (C=O) groups is 1. The van der Waals surface area contributed by atoms with Gasteiger partial charge in [-0.2, -0.15) is 0 Å². The van der Waals surface area contributed by atoms with E-state index in [0.29, 0.717) is 13.2 Å². The summed E-state index contributed by atoms with van der Waals surface area (Å²) in [7, 11) is 0.